The van der Waals surface area contributed by atoms with E-state index in [0.717, 1.165) is 50.0 Å². The number of carbonyl (C=O) groups excluding carboxylic acids is 2. The lowest BCUT2D eigenvalue weighted by molar-refractivity contribution is 0.101. The third-order valence-corrected chi connectivity index (χ3v) is 12.0. The maximum absolute atomic E-state index is 13.5. The van der Waals surface area contributed by atoms with Gasteiger partial charge in [-0.2, -0.15) is 15.3 Å². The van der Waals surface area contributed by atoms with E-state index in [9.17, 15) is 19.8 Å². The molecule has 1 heterocycles. The molecule has 0 saturated heterocycles. The molecule has 344 valence electrons. The molecule has 0 fully saturated rings. The van der Waals surface area contributed by atoms with Crippen LogP contribution in [0, 0.1) is 13.8 Å². The summed E-state index contributed by atoms with van der Waals surface area (Å²) in [7, 11) is 0. The molecule has 0 saturated carbocycles. The lowest BCUT2D eigenvalue weighted by Gasteiger charge is -2.12. The Hall–Kier alpha value is -9.81. The molecule has 1 aromatic heterocycles. The number of aromatic nitrogens is 2. The molecule has 4 N–H and O–H groups in total. The molecule has 0 unspecified atom stereocenters. The highest BCUT2D eigenvalue weighted by molar-refractivity contribution is 6.13. The lowest BCUT2D eigenvalue weighted by Crippen LogP contribution is -2.13. The summed E-state index contributed by atoms with van der Waals surface area (Å²) in [6, 6.07) is 57.9. The first-order valence-electron chi connectivity index (χ1n) is 22.8. The van der Waals surface area contributed by atoms with Crippen molar-refractivity contribution in [3.63, 3.8) is 0 Å². The zero-order chi connectivity index (χ0) is 48.8. The molecular formula is C59H44N8O4. The monoisotopic (exact) mass is 928 g/mol. The Balaban J connectivity index is 0.881. The van der Waals surface area contributed by atoms with Crippen molar-refractivity contribution in [3.8, 4) is 28.4 Å². The number of aromatic hydroxyl groups is 2. The number of para-hydroxylation sites is 2. The number of anilines is 2. The fourth-order valence-electron chi connectivity index (χ4n) is 8.18. The average molecular weight is 929 g/mol. The van der Waals surface area contributed by atoms with Crippen molar-refractivity contribution >= 4 is 79.6 Å². The Bertz CT molecular complexity index is 3730. The second-order valence-electron chi connectivity index (χ2n) is 16.8. The minimum Gasteiger partial charge on any atom is -0.505 e. The number of amides is 2. The summed E-state index contributed by atoms with van der Waals surface area (Å²) in [5, 5.41) is 54.3. The van der Waals surface area contributed by atoms with Gasteiger partial charge in [-0.15, -0.1) is 10.2 Å². The molecule has 2 amide bonds. The molecule has 0 aliphatic heterocycles. The van der Waals surface area contributed by atoms with Crippen molar-refractivity contribution in [2.75, 3.05) is 10.6 Å². The van der Waals surface area contributed by atoms with E-state index < -0.39 is 11.8 Å². The van der Waals surface area contributed by atoms with Crippen molar-refractivity contribution in [1.82, 2.24) is 9.78 Å². The fourth-order valence-corrected chi connectivity index (χ4v) is 8.18. The third kappa shape index (κ3) is 9.67. The topological polar surface area (TPSA) is 166 Å². The van der Waals surface area contributed by atoms with Gasteiger partial charge in [0, 0.05) is 39.5 Å². The summed E-state index contributed by atoms with van der Waals surface area (Å²) in [5.74, 6) is -1.44. The van der Waals surface area contributed by atoms with Crippen molar-refractivity contribution in [3.05, 3.63) is 228 Å². The van der Waals surface area contributed by atoms with Crippen LogP contribution in [0.25, 0.3) is 50.6 Å². The molecule has 12 heteroatoms. The van der Waals surface area contributed by atoms with E-state index in [2.05, 4.69) is 31.1 Å². The van der Waals surface area contributed by atoms with Gasteiger partial charge in [0.1, 0.15) is 11.4 Å². The summed E-state index contributed by atoms with van der Waals surface area (Å²) in [6.45, 7) is 3.81. The molecule has 9 aromatic carbocycles. The number of rotatable bonds is 12. The quantitative estimate of drug-likeness (QED) is 0.0894. The Morgan fingerprint density at radius 3 is 1.51 bits per heavy atom. The standard InChI is InChI=1S/C59H44N8O4/c1-37-14-6-12-22-51(37)60-58(70)49-34-41-18-8-10-20-47(41)54(56(49)68)64-62-44-28-25-39(26-29-44)24-27-43-36-67(66-53(43)40-16-4-3-5-17-40)46-32-30-45(31-33-46)63-65-55-48-21-11-9-19-42(48)35-50(57(55)69)59(71)61-52-23-13-7-15-38(52)2/h3-36,68-69H,1-2H3,(H,60,70)(H,61,71)/b27-24+,64-62?,65-63?. The number of fused-ring (bicyclic) bond motifs is 2. The maximum atomic E-state index is 13.5. The van der Waals surface area contributed by atoms with Crippen LogP contribution in [0.2, 0.25) is 0 Å². The molecule has 12 nitrogen and oxygen atoms in total. The van der Waals surface area contributed by atoms with E-state index in [-0.39, 0.29) is 34.0 Å². The van der Waals surface area contributed by atoms with Gasteiger partial charge in [0.2, 0.25) is 0 Å². The molecule has 71 heavy (non-hydrogen) atoms. The number of nitrogens with zero attached hydrogens (tertiary/aromatic N) is 6. The van der Waals surface area contributed by atoms with Crippen molar-refractivity contribution < 1.29 is 19.8 Å². The smallest absolute Gasteiger partial charge is 0.259 e. The van der Waals surface area contributed by atoms with Gasteiger partial charge in [-0.3, -0.25) is 9.59 Å². The number of benzene rings is 9. The van der Waals surface area contributed by atoms with Crippen molar-refractivity contribution in [2.45, 2.75) is 13.8 Å². The molecule has 0 bridgehead atoms. The van der Waals surface area contributed by atoms with Crippen LogP contribution in [0.3, 0.4) is 0 Å². The molecule has 0 atom stereocenters. The predicted molar refractivity (Wildman–Crippen MR) is 282 cm³/mol. The SMILES string of the molecule is Cc1ccccc1NC(=O)c1cc2ccccc2c(N=Nc2ccc(/C=C/c3cn(-c4ccc(N=Nc5c(O)c(C(=O)Nc6ccccc6C)cc6ccccc56)cc4)nc3-c3ccccc3)cc2)c1O. The van der Waals surface area contributed by atoms with E-state index in [1.807, 2.05) is 213 Å². The van der Waals surface area contributed by atoms with Gasteiger partial charge in [0.05, 0.1) is 33.9 Å². The molecule has 10 aromatic rings. The Morgan fingerprint density at radius 2 is 0.986 bits per heavy atom. The lowest BCUT2D eigenvalue weighted by atomic mass is 10.0. The number of nitrogens with one attached hydrogen (secondary N) is 2. The van der Waals surface area contributed by atoms with Crippen LogP contribution in [0.5, 0.6) is 11.5 Å². The molecule has 0 spiro atoms. The van der Waals surface area contributed by atoms with Crippen molar-refractivity contribution in [1.29, 1.82) is 0 Å². The van der Waals surface area contributed by atoms with Gasteiger partial charge in [0.25, 0.3) is 11.8 Å². The number of phenols is 2. The molecular weight excluding hydrogens is 885 g/mol. The Kier molecular flexibility index (Phi) is 12.6. The highest BCUT2D eigenvalue weighted by Crippen LogP contribution is 2.41. The van der Waals surface area contributed by atoms with Gasteiger partial charge >= 0.3 is 0 Å². The highest BCUT2D eigenvalue weighted by atomic mass is 16.3. The van der Waals surface area contributed by atoms with Crippen LogP contribution in [0.4, 0.5) is 34.1 Å². The molecule has 0 radical (unpaired) electrons. The molecule has 0 aliphatic carbocycles. The van der Waals surface area contributed by atoms with E-state index in [0.29, 0.717) is 33.5 Å². The van der Waals surface area contributed by atoms with E-state index >= 15 is 0 Å². The minimum absolute atomic E-state index is 0.0878. The summed E-state index contributed by atoms with van der Waals surface area (Å²) in [4.78, 5) is 26.9. The number of azo groups is 2. The maximum Gasteiger partial charge on any atom is 0.259 e. The highest BCUT2D eigenvalue weighted by Gasteiger charge is 2.21. The Labute approximate surface area is 408 Å². The van der Waals surface area contributed by atoms with Gasteiger partial charge in [-0.05, 0) is 102 Å². The summed E-state index contributed by atoms with van der Waals surface area (Å²) in [5.41, 5.74) is 9.06. The number of hydrogen-bond acceptors (Lipinski definition) is 9. The van der Waals surface area contributed by atoms with Crippen LogP contribution < -0.4 is 10.6 Å². The van der Waals surface area contributed by atoms with Gasteiger partial charge in [-0.1, -0.05) is 140 Å². The summed E-state index contributed by atoms with van der Waals surface area (Å²) in [6.07, 6.45) is 5.96. The second kappa shape index (κ2) is 19.8. The van der Waals surface area contributed by atoms with Crippen LogP contribution in [-0.2, 0) is 0 Å². The number of hydrogen-bond donors (Lipinski definition) is 4. The minimum atomic E-state index is -0.457. The normalized spacial score (nSPS) is 11.6. The molecule has 0 aliphatic rings. The van der Waals surface area contributed by atoms with E-state index in [4.69, 9.17) is 5.10 Å². The third-order valence-electron chi connectivity index (χ3n) is 12.0. The number of carbonyl (C=O) groups is 2. The van der Waals surface area contributed by atoms with Crippen LogP contribution in [-0.4, -0.2) is 31.8 Å². The first-order valence-corrected chi connectivity index (χ1v) is 22.8. The van der Waals surface area contributed by atoms with Gasteiger partial charge in [0.15, 0.2) is 11.5 Å². The van der Waals surface area contributed by atoms with E-state index in [1.165, 1.54) is 0 Å². The van der Waals surface area contributed by atoms with Gasteiger partial charge < -0.3 is 20.8 Å². The molecule has 10 rings (SSSR count). The zero-order valence-electron chi connectivity index (χ0n) is 38.5. The second-order valence-corrected chi connectivity index (χ2v) is 16.8. The predicted octanol–water partition coefficient (Wildman–Crippen LogP) is 15.4. The van der Waals surface area contributed by atoms with Gasteiger partial charge in [-0.25, -0.2) is 4.68 Å². The summed E-state index contributed by atoms with van der Waals surface area (Å²) < 4.78 is 1.81. The summed E-state index contributed by atoms with van der Waals surface area (Å²) >= 11 is 0. The fraction of sp³-hybridized carbons (Fsp3) is 0.0339. The average Bonchev–Trinajstić information content (AvgIpc) is 3.83. The van der Waals surface area contributed by atoms with Crippen LogP contribution >= 0.6 is 0 Å². The first-order chi connectivity index (χ1) is 34.7. The Morgan fingerprint density at radius 1 is 0.521 bits per heavy atom. The first kappa shape index (κ1) is 45.0. The largest absolute Gasteiger partial charge is 0.505 e. The van der Waals surface area contributed by atoms with Crippen LogP contribution in [0.15, 0.2) is 215 Å². The number of phenolic OH excluding ortho intramolecular Hbond substituents is 2. The van der Waals surface area contributed by atoms with E-state index in [1.54, 1.807) is 12.1 Å². The van der Waals surface area contributed by atoms with Crippen molar-refractivity contribution in [2.24, 2.45) is 20.5 Å². The number of aryl methyl sites for hydroxylation is 2. The zero-order valence-corrected chi connectivity index (χ0v) is 38.5. The van der Waals surface area contributed by atoms with Crippen LogP contribution in [0.1, 0.15) is 43.0 Å².